The number of fused-ring (bicyclic) bond motifs is 2. The number of nitrogens with one attached hydrogen (secondary N) is 1. The van der Waals surface area contributed by atoms with Crippen molar-refractivity contribution in [2.24, 2.45) is 0 Å². The average molecular weight is 555 g/mol. The Hall–Kier alpha value is -3.12. The molecule has 3 aromatic rings. The Morgan fingerprint density at radius 2 is 1.87 bits per heavy atom. The molecule has 2 amide bonds. The molecule has 2 aromatic carbocycles. The average Bonchev–Trinajstić information content (AvgIpc) is 3.59. The van der Waals surface area contributed by atoms with Crippen molar-refractivity contribution in [3.8, 4) is 17.3 Å². The summed E-state index contributed by atoms with van der Waals surface area (Å²) in [6.45, 7) is 0.322. The van der Waals surface area contributed by atoms with Gasteiger partial charge in [-0.1, -0.05) is 34.4 Å². The molecule has 2 saturated heterocycles. The summed E-state index contributed by atoms with van der Waals surface area (Å²) in [4.78, 5) is 15.0. The van der Waals surface area contributed by atoms with Gasteiger partial charge in [0, 0.05) is 34.8 Å². The lowest BCUT2D eigenvalue weighted by molar-refractivity contribution is -0.0158. The highest BCUT2D eigenvalue weighted by Gasteiger charge is 2.44. The van der Waals surface area contributed by atoms with Gasteiger partial charge < -0.3 is 19.5 Å². The highest BCUT2D eigenvalue weighted by Crippen LogP contribution is 2.46. The highest BCUT2D eigenvalue weighted by molar-refractivity contribution is 6.39. The van der Waals surface area contributed by atoms with Crippen molar-refractivity contribution < 1.29 is 18.4 Å². The Balaban J connectivity index is 1.15. The number of benzene rings is 2. The van der Waals surface area contributed by atoms with Gasteiger partial charge in [-0.2, -0.15) is 5.26 Å². The number of hydrogen-bond donors (Lipinski definition) is 1. The van der Waals surface area contributed by atoms with Crippen LogP contribution in [0, 0.1) is 17.1 Å². The van der Waals surface area contributed by atoms with Gasteiger partial charge in [0.15, 0.2) is 0 Å². The van der Waals surface area contributed by atoms with Gasteiger partial charge in [0.25, 0.3) is 0 Å². The van der Waals surface area contributed by atoms with Crippen molar-refractivity contribution in [1.29, 1.82) is 5.26 Å². The van der Waals surface area contributed by atoms with E-state index in [4.69, 9.17) is 37.7 Å². The van der Waals surface area contributed by atoms with Crippen molar-refractivity contribution in [2.45, 2.75) is 69.2 Å². The maximum Gasteiger partial charge on any atom is 0.322 e. The smallest absolute Gasteiger partial charge is 0.322 e. The monoisotopic (exact) mass is 554 g/mol. The molecule has 1 aliphatic carbocycles. The molecule has 7 nitrogen and oxygen atoms in total. The Labute approximate surface area is 229 Å². The first kappa shape index (κ1) is 25.2. The van der Waals surface area contributed by atoms with Crippen LogP contribution in [0.5, 0.6) is 0 Å². The van der Waals surface area contributed by atoms with E-state index in [0.29, 0.717) is 46.7 Å². The van der Waals surface area contributed by atoms with Crippen molar-refractivity contribution in [3.05, 3.63) is 69.1 Å². The first-order chi connectivity index (χ1) is 18.4. The molecule has 3 atom stereocenters. The number of rotatable bonds is 6. The molecule has 2 bridgehead atoms. The van der Waals surface area contributed by atoms with Crippen molar-refractivity contribution in [3.63, 3.8) is 0 Å². The van der Waals surface area contributed by atoms with Crippen LogP contribution in [0.1, 0.15) is 61.3 Å². The van der Waals surface area contributed by atoms with Crippen molar-refractivity contribution in [2.75, 3.05) is 5.32 Å². The Kier molecular flexibility index (Phi) is 6.77. The normalized spacial score (nSPS) is 22.4. The zero-order valence-corrected chi connectivity index (χ0v) is 21.9. The molecule has 1 N–H and O–H groups in total. The largest absolute Gasteiger partial charge is 0.373 e. The van der Waals surface area contributed by atoms with Gasteiger partial charge >= 0.3 is 6.03 Å². The van der Waals surface area contributed by atoms with Gasteiger partial charge in [0.1, 0.15) is 17.3 Å². The number of halogens is 3. The van der Waals surface area contributed by atoms with E-state index in [-0.39, 0.29) is 35.5 Å². The summed E-state index contributed by atoms with van der Waals surface area (Å²) < 4.78 is 26.0. The van der Waals surface area contributed by atoms with Gasteiger partial charge in [-0.25, -0.2) is 9.18 Å². The Morgan fingerprint density at radius 3 is 2.53 bits per heavy atom. The predicted molar refractivity (Wildman–Crippen MR) is 141 cm³/mol. The maximum absolute atomic E-state index is 13.8. The van der Waals surface area contributed by atoms with E-state index < -0.39 is 5.82 Å². The number of urea groups is 1. The number of amides is 2. The van der Waals surface area contributed by atoms with Gasteiger partial charge in [0.2, 0.25) is 0 Å². The van der Waals surface area contributed by atoms with Gasteiger partial charge in [-0.15, -0.1) is 0 Å². The van der Waals surface area contributed by atoms with Crippen LogP contribution in [0.15, 0.2) is 40.9 Å². The number of piperidine rings is 1. The van der Waals surface area contributed by atoms with Crippen LogP contribution in [-0.4, -0.2) is 34.3 Å². The molecule has 2 aliphatic heterocycles. The van der Waals surface area contributed by atoms with E-state index >= 15 is 0 Å². The summed E-state index contributed by atoms with van der Waals surface area (Å²) >= 11 is 13.0. The zero-order chi connectivity index (χ0) is 26.4. The molecular weight excluding hydrogens is 530 g/mol. The Morgan fingerprint density at radius 1 is 1.16 bits per heavy atom. The summed E-state index contributed by atoms with van der Waals surface area (Å²) in [6, 6.07) is 10.8. The lowest BCUT2D eigenvalue weighted by Gasteiger charge is -2.38. The molecule has 3 heterocycles. The molecule has 1 saturated carbocycles. The molecule has 1 aromatic heterocycles. The molecule has 3 fully saturated rings. The molecular formula is C28H25Cl2FN4O3. The molecule has 38 heavy (non-hydrogen) atoms. The van der Waals surface area contributed by atoms with E-state index in [2.05, 4.69) is 10.5 Å². The third kappa shape index (κ3) is 4.86. The van der Waals surface area contributed by atoms with Gasteiger partial charge in [-0.05, 0) is 68.9 Å². The summed E-state index contributed by atoms with van der Waals surface area (Å²) in [5.74, 6) is 0.607. The number of anilines is 1. The SMILES string of the molecule is N#Cc1cc(F)cc(NC(=O)N2C3CC[C@H]2CC(OCc2c(-c4c(Cl)cccc4Cl)noc2C2CC2)C3)c1. The first-order valence-corrected chi connectivity index (χ1v) is 13.5. The number of hydrogen-bond acceptors (Lipinski definition) is 5. The van der Waals surface area contributed by atoms with Crippen LogP contribution < -0.4 is 5.32 Å². The molecule has 2 unspecified atom stereocenters. The van der Waals surface area contributed by atoms with Crippen molar-refractivity contribution in [1.82, 2.24) is 10.1 Å². The van der Waals surface area contributed by atoms with Gasteiger partial charge in [-0.3, -0.25) is 0 Å². The Bertz CT molecular complexity index is 1400. The second-order valence-corrected chi connectivity index (χ2v) is 11.0. The fourth-order valence-electron chi connectivity index (χ4n) is 5.76. The second kappa shape index (κ2) is 10.2. The van der Waals surface area contributed by atoms with Gasteiger partial charge in [0.05, 0.1) is 34.4 Å². The van der Waals surface area contributed by atoms with Crippen LogP contribution in [0.25, 0.3) is 11.3 Å². The fraction of sp³-hybridized carbons (Fsp3) is 0.393. The van der Waals surface area contributed by atoms with Crippen LogP contribution in [-0.2, 0) is 11.3 Å². The molecule has 196 valence electrons. The lowest BCUT2D eigenvalue weighted by Crippen LogP contribution is -2.50. The summed E-state index contributed by atoms with van der Waals surface area (Å²) in [5, 5.41) is 17.2. The summed E-state index contributed by atoms with van der Waals surface area (Å²) in [7, 11) is 0. The third-order valence-electron chi connectivity index (χ3n) is 7.63. The lowest BCUT2D eigenvalue weighted by atomic mass is 9.99. The number of carbonyl (C=O) groups excluding carboxylic acids is 1. The minimum atomic E-state index is -0.564. The van der Waals surface area contributed by atoms with E-state index in [1.54, 1.807) is 18.2 Å². The van der Waals surface area contributed by atoms with E-state index in [1.165, 1.54) is 12.1 Å². The summed E-state index contributed by atoms with van der Waals surface area (Å²) in [6.07, 6.45) is 5.23. The summed E-state index contributed by atoms with van der Waals surface area (Å²) in [5.41, 5.74) is 2.58. The van der Waals surface area contributed by atoms with Crippen LogP contribution in [0.4, 0.5) is 14.9 Å². The number of nitriles is 1. The molecule has 3 aliphatic rings. The van der Waals surface area contributed by atoms with Crippen molar-refractivity contribution >= 4 is 34.9 Å². The highest BCUT2D eigenvalue weighted by atomic mass is 35.5. The quantitative estimate of drug-likeness (QED) is 0.345. The molecule has 0 spiro atoms. The van der Waals surface area contributed by atoms with Crippen LogP contribution in [0.2, 0.25) is 10.0 Å². The first-order valence-electron chi connectivity index (χ1n) is 12.8. The second-order valence-electron chi connectivity index (χ2n) is 10.2. The maximum atomic E-state index is 13.8. The topological polar surface area (TPSA) is 91.4 Å². The number of carbonyl (C=O) groups is 1. The van der Waals surface area contributed by atoms with Crippen LogP contribution in [0.3, 0.4) is 0 Å². The predicted octanol–water partition coefficient (Wildman–Crippen LogP) is 7.28. The van der Waals surface area contributed by atoms with E-state index in [1.807, 2.05) is 11.0 Å². The zero-order valence-electron chi connectivity index (χ0n) is 20.4. The number of nitrogens with zero attached hydrogens (tertiary/aromatic N) is 3. The third-order valence-corrected chi connectivity index (χ3v) is 8.26. The standard InChI is InChI=1S/C28H25Cl2FN4O3/c29-23-2-1-3-24(30)25(23)26-22(27(38-34-26)16-4-5-16)14-37-21-11-19-6-7-20(12-21)35(19)28(36)33-18-9-15(13-32)8-17(31)10-18/h1-3,8-10,16,19-21H,4-7,11-12,14H2,(H,33,36)/t19-,20?,21?/m0/s1. The number of aromatic nitrogens is 1. The van der Waals surface area contributed by atoms with E-state index in [0.717, 1.165) is 43.1 Å². The minimum absolute atomic E-state index is 0.0191. The number of ether oxygens (including phenoxy) is 1. The molecule has 0 radical (unpaired) electrons. The molecule has 6 rings (SSSR count). The molecule has 10 heteroatoms. The van der Waals surface area contributed by atoms with E-state index in [9.17, 15) is 9.18 Å². The van der Waals surface area contributed by atoms with Crippen LogP contribution >= 0.6 is 23.2 Å². The minimum Gasteiger partial charge on any atom is -0.373 e. The fourth-order valence-corrected chi connectivity index (χ4v) is 6.34.